The Kier molecular flexibility index (Phi) is 35.6. The van der Waals surface area contributed by atoms with Crippen LogP contribution in [0.2, 0.25) is 0 Å². The Morgan fingerprint density at radius 3 is 0.571 bits per heavy atom. The molecule has 0 saturated carbocycles. The first-order valence-electron chi connectivity index (χ1n) is 9.41. The molecule has 0 nitrogen and oxygen atoms in total. The first-order chi connectivity index (χ1) is 9.41. The van der Waals surface area contributed by atoms with Crippen LogP contribution in [0.25, 0.3) is 0 Å². The third-order valence-electron chi connectivity index (χ3n) is 4.21. The van der Waals surface area contributed by atoms with E-state index in [0.29, 0.717) is 0 Å². The maximum atomic E-state index is 2.30. The molecule has 0 aliphatic rings. The first-order valence-corrected chi connectivity index (χ1v) is 9.41. The Hall–Kier alpha value is 2.00. The molecule has 0 radical (unpaired) electrons. The van der Waals surface area contributed by atoms with Crippen molar-refractivity contribution in [1.82, 2.24) is 0 Å². The monoisotopic (exact) mass is 316 g/mol. The molecule has 0 bridgehead atoms. The van der Waals surface area contributed by atoms with E-state index in [2.05, 4.69) is 13.8 Å². The van der Waals surface area contributed by atoms with Gasteiger partial charge in [-0.25, -0.2) is 0 Å². The summed E-state index contributed by atoms with van der Waals surface area (Å²) in [5.74, 6) is 0. The van der Waals surface area contributed by atoms with Crippen LogP contribution >= 0.6 is 0 Å². The second-order valence-electron chi connectivity index (χ2n) is 6.30. The fraction of sp³-hybridized carbons (Fsp3) is 1.00. The summed E-state index contributed by atoms with van der Waals surface area (Å²) in [4.78, 5) is 0. The first kappa shape index (κ1) is 27.8. The van der Waals surface area contributed by atoms with Crippen molar-refractivity contribution in [3.8, 4) is 0 Å². The Bertz CT molecular complexity index is 133. The van der Waals surface area contributed by atoms with Crippen molar-refractivity contribution in [3.63, 3.8) is 0 Å². The molecule has 120 valence electrons. The number of rotatable bonds is 16. The van der Waals surface area contributed by atoms with Crippen LogP contribution in [0.4, 0.5) is 0 Å². The molecule has 0 spiro atoms. The molecule has 0 aromatic rings. The summed E-state index contributed by atoms with van der Waals surface area (Å²) in [7, 11) is 0. The topological polar surface area (TPSA) is 0 Å². The standard InChI is InChI=1S/C19H40.2Na.2H/c1-3-5-7-9-11-13-15-17-19-18-16-14-12-10-8-6-4-2;;;;/h3-19H2,1-2H3;;;;. The Morgan fingerprint density at radius 2 is 0.429 bits per heavy atom. The molecule has 0 amide bonds. The molecule has 0 heterocycles. The van der Waals surface area contributed by atoms with E-state index in [1.54, 1.807) is 0 Å². The van der Waals surface area contributed by atoms with Gasteiger partial charge in [0.1, 0.15) is 0 Å². The van der Waals surface area contributed by atoms with Gasteiger partial charge in [-0.15, -0.1) is 0 Å². The predicted octanol–water partition coefficient (Wildman–Crippen LogP) is 6.36. The Morgan fingerprint density at radius 1 is 0.286 bits per heavy atom. The van der Waals surface area contributed by atoms with Crippen molar-refractivity contribution >= 4 is 59.1 Å². The van der Waals surface area contributed by atoms with Crippen LogP contribution in [0.15, 0.2) is 0 Å². The van der Waals surface area contributed by atoms with Crippen LogP contribution in [-0.2, 0) is 0 Å². The fourth-order valence-electron chi connectivity index (χ4n) is 2.80. The molecule has 0 aliphatic carbocycles. The van der Waals surface area contributed by atoms with Crippen LogP contribution in [0.5, 0.6) is 0 Å². The van der Waals surface area contributed by atoms with Gasteiger partial charge in [0.15, 0.2) is 0 Å². The van der Waals surface area contributed by atoms with Crippen molar-refractivity contribution in [1.29, 1.82) is 0 Å². The Balaban J connectivity index is -0.00000162. The fourth-order valence-corrected chi connectivity index (χ4v) is 2.80. The zero-order valence-corrected chi connectivity index (χ0v) is 14.0. The second kappa shape index (κ2) is 26.9. The van der Waals surface area contributed by atoms with E-state index in [1.165, 1.54) is 109 Å². The van der Waals surface area contributed by atoms with E-state index < -0.39 is 0 Å². The van der Waals surface area contributed by atoms with Gasteiger partial charge in [-0.2, -0.15) is 0 Å². The summed E-state index contributed by atoms with van der Waals surface area (Å²) in [5.41, 5.74) is 0. The molecule has 0 aromatic carbocycles. The molecular formula is C19H42Na2. The maximum absolute atomic E-state index is 2.30. The van der Waals surface area contributed by atoms with Gasteiger partial charge in [0, 0.05) is 0 Å². The van der Waals surface area contributed by atoms with E-state index >= 15 is 0 Å². The molecule has 0 aliphatic heterocycles. The van der Waals surface area contributed by atoms with E-state index in [4.69, 9.17) is 0 Å². The van der Waals surface area contributed by atoms with E-state index in [9.17, 15) is 0 Å². The van der Waals surface area contributed by atoms with Crippen molar-refractivity contribution in [2.24, 2.45) is 0 Å². The molecule has 0 atom stereocenters. The van der Waals surface area contributed by atoms with Crippen LogP contribution in [0.3, 0.4) is 0 Å². The van der Waals surface area contributed by atoms with Gasteiger partial charge in [0.05, 0.1) is 0 Å². The summed E-state index contributed by atoms with van der Waals surface area (Å²) in [5, 5.41) is 0. The van der Waals surface area contributed by atoms with Crippen LogP contribution in [-0.4, -0.2) is 59.1 Å². The zero-order valence-electron chi connectivity index (χ0n) is 14.0. The average molecular weight is 317 g/mol. The van der Waals surface area contributed by atoms with Crippen molar-refractivity contribution in [3.05, 3.63) is 0 Å². The molecule has 21 heavy (non-hydrogen) atoms. The zero-order chi connectivity index (χ0) is 14.0. The second-order valence-corrected chi connectivity index (χ2v) is 6.30. The van der Waals surface area contributed by atoms with Gasteiger partial charge in [-0.05, 0) is 0 Å². The van der Waals surface area contributed by atoms with Gasteiger partial charge in [0.25, 0.3) is 0 Å². The van der Waals surface area contributed by atoms with Crippen molar-refractivity contribution < 1.29 is 0 Å². The summed E-state index contributed by atoms with van der Waals surface area (Å²) in [6.45, 7) is 4.59. The summed E-state index contributed by atoms with van der Waals surface area (Å²) >= 11 is 0. The molecule has 0 rings (SSSR count). The predicted molar refractivity (Wildman–Crippen MR) is 104 cm³/mol. The number of unbranched alkanes of at least 4 members (excludes halogenated alkanes) is 16. The molecule has 0 aromatic heterocycles. The van der Waals surface area contributed by atoms with Crippen molar-refractivity contribution in [2.75, 3.05) is 0 Å². The van der Waals surface area contributed by atoms with Gasteiger partial charge in [0.2, 0.25) is 0 Å². The summed E-state index contributed by atoms with van der Waals surface area (Å²) in [6, 6.07) is 0. The third-order valence-corrected chi connectivity index (χ3v) is 4.21. The van der Waals surface area contributed by atoms with Gasteiger partial charge < -0.3 is 0 Å². The SMILES string of the molecule is CCCCCCCCCCCCCCCCCCC.[NaH].[NaH]. The molecule has 0 saturated heterocycles. The molecule has 0 fully saturated rings. The normalized spacial score (nSPS) is 10.0. The van der Waals surface area contributed by atoms with E-state index in [-0.39, 0.29) is 59.1 Å². The van der Waals surface area contributed by atoms with E-state index in [1.807, 2.05) is 0 Å². The minimum atomic E-state index is 0. The molecular weight excluding hydrogens is 274 g/mol. The molecule has 0 N–H and O–H groups in total. The van der Waals surface area contributed by atoms with Crippen LogP contribution in [0.1, 0.15) is 123 Å². The van der Waals surface area contributed by atoms with Gasteiger partial charge in [-0.1, -0.05) is 123 Å². The van der Waals surface area contributed by atoms with E-state index in [0.717, 1.165) is 0 Å². The number of hydrogen-bond donors (Lipinski definition) is 0. The van der Waals surface area contributed by atoms with Crippen LogP contribution in [0, 0.1) is 0 Å². The third kappa shape index (κ3) is 27.2. The van der Waals surface area contributed by atoms with Gasteiger partial charge >= 0.3 is 59.1 Å². The van der Waals surface area contributed by atoms with Gasteiger partial charge in [-0.3, -0.25) is 0 Å². The minimum absolute atomic E-state index is 0. The molecule has 0 unspecified atom stereocenters. The quantitative estimate of drug-likeness (QED) is 0.229. The van der Waals surface area contributed by atoms with Crippen molar-refractivity contribution in [2.45, 2.75) is 123 Å². The Labute approximate surface area is 180 Å². The number of hydrogen-bond acceptors (Lipinski definition) is 0. The average Bonchev–Trinajstić information content (AvgIpc) is 2.43. The summed E-state index contributed by atoms with van der Waals surface area (Å²) < 4.78 is 0. The van der Waals surface area contributed by atoms with Crippen LogP contribution < -0.4 is 0 Å². The summed E-state index contributed by atoms with van der Waals surface area (Å²) in [6.07, 6.45) is 24.9. The molecule has 2 heteroatoms.